The van der Waals surface area contributed by atoms with Crippen molar-refractivity contribution in [2.75, 3.05) is 12.4 Å². The van der Waals surface area contributed by atoms with Crippen molar-refractivity contribution in [3.05, 3.63) is 59.9 Å². The van der Waals surface area contributed by atoms with Crippen LogP contribution in [0.2, 0.25) is 0 Å². The smallest absolute Gasteiger partial charge is 0.401 e. The van der Waals surface area contributed by atoms with E-state index in [0.717, 1.165) is 29.3 Å². The van der Waals surface area contributed by atoms with Crippen molar-refractivity contribution in [1.82, 2.24) is 24.6 Å². The van der Waals surface area contributed by atoms with Crippen LogP contribution in [-0.4, -0.2) is 43.8 Å². The summed E-state index contributed by atoms with van der Waals surface area (Å²) in [6, 6.07) is 7.50. The fourth-order valence-electron chi connectivity index (χ4n) is 4.39. The number of carbonyl (C=O) groups excluding carboxylic acids is 1. The maximum atomic E-state index is 13.3. The molecule has 0 bridgehead atoms. The fraction of sp³-hybridized carbons (Fsp3) is 0.304. The molecule has 1 aromatic carbocycles. The molecule has 6 rings (SSSR count). The van der Waals surface area contributed by atoms with E-state index in [-0.39, 0.29) is 24.4 Å². The molecule has 1 fully saturated rings. The molecule has 0 saturated heterocycles. The second kappa shape index (κ2) is 7.54. The van der Waals surface area contributed by atoms with Crippen molar-refractivity contribution in [2.45, 2.75) is 37.5 Å². The predicted molar refractivity (Wildman–Crippen MR) is 117 cm³/mol. The highest BCUT2D eigenvalue weighted by molar-refractivity contribution is 5.98. The van der Waals surface area contributed by atoms with E-state index in [0.29, 0.717) is 23.7 Å². The summed E-state index contributed by atoms with van der Waals surface area (Å²) >= 11 is 0. The summed E-state index contributed by atoms with van der Waals surface area (Å²) in [6.45, 7) is 1.42. The maximum absolute atomic E-state index is 13.3. The van der Waals surface area contributed by atoms with Gasteiger partial charge in [0.15, 0.2) is 11.6 Å². The molecular weight excluding hydrogens is 465 g/mol. The first-order chi connectivity index (χ1) is 16.7. The number of rotatable bonds is 4. The average Bonchev–Trinajstić information content (AvgIpc) is 3.13. The SMILES string of the molecule is CN1Cc2ncnc(Oc3ccc4c(ccn4C(=O)Nc4cc(C5(C(F)(F)F)CC5)on4)c3)c2C1. The van der Waals surface area contributed by atoms with Gasteiger partial charge in [0.25, 0.3) is 0 Å². The molecular formula is C23H19F3N6O3. The highest BCUT2D eigenvalue weighted by Gasteiger charge is 2.66. The number of ether oxygens (including phenoxy) is 1. The van der Waals surface area contributed by atoms with Gasteiger partial charge in [-0.3, -0.25) is 14.8 Å². The lowest BCUT2D eigenvalue weighted by atomic mass is 10.0. The van der Waals surface area contributed by atoms with E-state index in [2.05, 4.69) is 25.3 Å². The van der Waals surface area contributed by atoms with Crippen LogP contribution in [0.25, 0.3) is 10.9 Å². The lowest BCUT2D eigenvalue weighted by Crippen LogP contribution is -2.28. The molecule has 180 valence electrons. The van der Waals surface area contributed by atoms with E-state index in [1.807, 2.05) is 7.05 Å². The lowest BCUT2D eigenvalue weighted by Gasteiger charge is -2.14. The van der Waals surface area contributed by atoms with Crippen molar-refractivity contribution in [2.24, 2.45) is 0 Å². The molecule has 12 heteroatoms. The van der Waals surface area contributed by atoms with Crippen molar-refractivity contribution < 1.29 is 27.2 Å². The molecule has 9 nitrogen and oxygen atoms in total. The van der Waals surface area contributed by atoms with Crippen LogP contribution in [0.15, 0.2) is 47.4 Å². The number of fused-ring (bicyclic) bond motifs is 2. The Morgan fingerprint density at radius 1 is 1.17 bits per heavy atom. The number of carbonyl (C=O) groups is 1. The molecule has 4 aromatic rings. The van der Waals surface area contributed by atoms with Crippen molar-refractivity contribution in [3.8, 4) is 11.6 Å². The van der Waals surface area contributed by atoms with Gasteiger partial charge in [-0.2, -0.15) is 13.2 Å². The van der Waals surface area contributed by atoms with Crippen LogP contribution in [0.5, 0.6) is 11.6 Å². The first-order valence-electron chi connectivity index (χ1n) is 10.9. The van der Waals surface area contributed by atoms with Crippen molar-refractivity contribution in [1.29, 1.82) is 0 Å². The molecule has 4 heterocycles. The number of hydrogen-bond donors (Lipinski definition) is 1. The number of nitrogens with one attached hydrogen (secondary N) is 1. The summed E-state index contributed by atoms with van der Waals surface area (Å²) in [5, 5.41) is 6.83. The summed E-state index contributed by atoms with van der Waals surface area (Å²) in [5.74, 6) is 0.672. The molecule has 1 aliphatic heterocycles. The van der Waals surface area contributed by atoms with Crippen LogP contribution in [0, 0.1) is 0 Å². The van der Waals surface area contributed by atoms with Crippen molar-refractivity contribution >= 4 is 22.8 Å². The van der Waals surface area contributed by atoms with E-state index in [9.17, 15) is 18.0 Å². The molecule has 1 amide bonds. The Kier molecular flexibility index (Phi) is 4.65. The quantitative estimate of drug-likeness (QED) is 0.443. The number of hydrogen-bond acceptors (Lipinski definition) is 7. The monoisotopic (exact) mass is 484 g/mol. The molecule has 0 spiro atoms. The number of amides is 1. The molecule has 1 saturated carbocycles. The van der Waals surface area contributed by atoms with Crippen LogP contribution >= 0.6 is 0 Å². The van der Waals surface area contributed by atoms with Gasteiger partial charge in [0.2, 0.25) is 5.88 Å². The fourth-order valence-corrected chi connectivity index (χ4v) is 4.39. The van der Waals surface area contributed by atoms with Gasteiger partial charge < -0.3 is 9.26 Å². The predicted octanol–water partition coefficient (Wildman–Crippen LogP) is 4.83. The Morgan fingerprint density at radius 2 is 2.00 bits per heavy atom. The average molecular weight is 484 g/mol. The molecule has 1 N–H and O–H groups in total. The second-order valence-electron chi connectivity index (χ2n) is 8.87. The number of alkyl halides is 3. The van der Waals surface area contributed by atoms with Gasteiger partial charge in [-0.15, -0.1) is 0 Å². The first kappa shape index (κ1) is 21.6. The van der Waals surface area contributed by atoms with Gasteiger partial charge >= 0.3 is 12.2 Å². The summed E-state index contributed by atoms with van der Waals surface area (Å²) in [6.07, 6.45) is -1.51. The topological polar surface area (TPSA) is 98.3 Å². The Hall–Kier alpha value is -3.93. The van der Waals surface area contributed by atoms with E-state index in [1.165, 1.54) is 10.9 Å². The molecule has 35 heavy (non-hydrogen) atoms. The third kappa shape index (κ3) is 3.60. The number of aromatic nitrogens is 4. The van der Waals surface area contributed by atoms with E-state index < -0.39 is 17.6 Å². The van der Waals surface area contributed by atoms with E-state index >= 15 is 0 Å². The number of anilines is 1. The van der Waals surface area contributed by atoms with Gasteiger partial charge in [-0.25, -0.2) is 14.8 Å². The summed E-state index contributed by atoms with van der Waals surface area (Å²) in [4.78, 5) is 23.5. The highest BCUT2D eigenvalue weighted by atomic mass is 19.4. The van der Waals surface area contributed by atoms with Crippen LogP contribution in [0.3, 0.4) is 0 Å². The van der Waals surface area contributed by atoms with Gasteiger partial charge in [0.1, 0.15) is 17.5 Å². The van der Waals surface area contributed by atoms with Gasteiger partial charge in [-0.05, 0) is 44.2 Å². The zero-order chi connectivity index (χ0) is 24.4. The minimum absolute atomic E-state index is 0.0553. The number of benzene rings is 1. The van der Waals surface area contributed by atoms with Crippen LogP contribution in [0.4, 0.5) is 23.8 Å². The highest BCUT2D eigenvalue weighted by Crippen LogP contribution is 2.59. The Balaban J connectivity index is 1.20. The Labute approximate surface area is 196 Å². The molecule has 2 aliphatic rings. The third-order valence-corrected chi connectivity index (χ3v) is 6.45. The molecule has 0 unspecified atom stereocenters. The Bertz CT molecular complexity index is 1460. The van der Waals surface area contributed by atoms with Crippen LogP contribution < -0.4 is 10.1 Å². The zero-order valence-electron chi connectivity index (χ0n) is 18.5. The maximum Gasteiger partial charge on any atom is 0.401 e. The van der Waals surface area contributed by atoms with Gasteiger partial charge in [0, 0.05) is 30.7 Å². The normalized spacial score (nSPS) is 16.9. The lowest BCUT2D eigenvalue weighted by molar-refractivity contribution is -0.165. The molecule has 3 aromatic heterocycles. The largest absolute Gasteiger partial charge is 0.439 e. The third-order valence-electron chi connectivity index (χ3n) is 6.45. The van der Waals surface area contributed by atoms with Gasteiger partial charge in [-0.1, -0.05) is 5.16 Å². The van der Waals surface area contributed by atoms with E-state index in [4.69, 9.17) is 9.26 Å². The number of nitrogens with zero attached hydrogens (tertiary/aromatic N) is 5. The standard InChI is InChI=1S/C23H19F3N6O3/c1-31-10-15-16(11-31)27-12-28-20(15)34-14-2-3-17-13(8-14)4-7-32(17)21(33)29-19-9-18(35-30-19)22(5-6-22)23(24,25)26/h2-4,7-9,12H,5-6,10-11H2,1H3,(H,29,30,33). The molecule has 1 aliphatic carbocycles. The first-order valence-corrected chi connectivity index (χ1v) is 10.9. The summed E-state index contributed by atoms with van der Waals surface area (Å²) in [7, 11) is 1.99. The van der Waals surface area contributed by atoms with Crippen LogP contribution in [0.1, 0.15) is 29.9 Å². The molecule has 0 radical (unpaired) electrons. The minimum Gasteiger partial charge on any atom is -0.439 e. The summed E-state index contributed by atoms with van der Waals surface area (Å²) in [5.41, 5.74) is 0.455. The second-order valence-corrected chi connectivity index (χ2v) is 8.87. The van der Waals surface area contributed by atoms with E-state index in [1.54, 1.807) is 30.5 Å². The van der Waals surface area contributed by atoms with Crippen molar-refractivity contribution in [3.63, 3.8) is 0 Å². The number of halogens is 3. The van der Waals surface area contributed by atoms with Crippen LogP contribution in [-0.2, 0) is 18.5 Å². The molecule has 0 atom stereocenters. The Morgan fingerprint density at radius 3 is 2.77 bits per heavy atom. The summed E-state index contributed by atoms with van der Waals surface area (Å²) < 4.78 is 52.2. The minimum atomic E-state index is -4.42. The van der Waals surface area contributed by atoms with Gasteiger partial charge in [0.05, 0.1) is 16.8 Å². The zero-order valence-corrected chi connectivity index (χ0v) is 18.5.